The van der Waals surface area contributed by atoms with E-state index in [0.29, 0.717) is 19.5 Å². The number of para-hydroxylation sites is 1. The van der Waals surface area contributed by atoms with Crippen molar-refractivity contribution in [3.05, 3.63) is 65.5 Å². The maximum Gasteiger partial charge on any atom is 0.230 e. The van der Waals surface area contributed by atoms with Gasteiger partial charge in [-0.15, -0.1) is 0 Å². The van der Waals surface area contributed by atoms with Gasteiger partial charge in [0.15, 0.2) is 0 Å². The first-order valence-electron chi connectivity index (χ1n) is 9.42. The minimum absolute atomic E-state index is 0.0876. The summed E-state index contributed by atoms with van der Waals surface area (Å²) in [4.78, 5) is 17.4. The molecule has 1 aliphatic heterocycles. The van der Waals surface area contributed by atoms with Gasteiger partial charge < -0.3 is 9.64 Å². The Morgan fingerprint density at radius 2 is 1.89 bits per heavy atom. The second-order valence-electron chi connectivity index (χ2n) is 7.03. The van der Waals surface area contributed by atoms with Crippen molar-refractivity contribution in [2.24, 2.45) is 0 Å². The highest BCUT2D eigenvalue weighted by Gasteiger charge is 2.33. The van der Waals surface area contributed by atoms with Crippen LogP contribution < -0.4 is 4.74 Å². The fourth-order valence-electron chi connectivity index (χ4n) is 3.82. The lowest BCUT2D eigenvalue weighted by Crippen LogP contribution is -2.50. The van der Waals surface area contributed by atoms with E-state index in [4.69, 9.17) is 4.74 Å². The van der Waals surface area contributed by atoms with Gasteiger partial charge >= 0.3 is 0 Å². The molecule has 0 aliphatic carbocycles. The Kier molecular flexibility index (Phi) is 6.11. The van der Waals surface area contributed by atoms with Crippen LogP contribution in [0.2, 0.25) is 0 Å². The molecule has 144 valence electrons. The third-order valence-corrected chi connectivity index (χ3v) is 5.44. The summed E-state index contributed by atoms with van der Waals surface area (Å²) >= 11 is 0. The lowest BCUT2D eigenvalue weighted by molar-refractivity contribution is -0.135. The number of carbonyl (C=O) groups is 1. The molecule has 1 heterocycles. The van der Waals surface area contributed by atoms with Crippen LogP contribution in [0.4, 0.5) is 4.39 Å². The third kappa shape index (κ3) is 4.14. The molecule has 0 saturated carbocycles. The molecule has 0 radical (unpaired) electrons. The van der Waals surface area contributed by atoms with Crippen molar-refractivity contribution >= 4 is 5.91 Å². The number of likely N-dealkylation sites (N-methyl/N-ethyl adjacent to an activating group) is 1. The summed E-state index contributed by atoms with van der Waals surface area (Å²) in [6.07, 6.45) is 0.691. The second kappa shape index (κ2) is 8.53. The highest BCUT2D eigenvalue weighted by atomic mass is 19.1. The molecule has 1 amide bonds. The predicted molar refractivity (Wildman–Crippen MR) is 104 cm³/mol. The Labute approximate surface area is 160 Å². The topological polar surface area (TPSA) is 32.8 Å². The molecule has 2 aromatic carbocycles. The molecule has 0 spiro atoms. The second-order valence-corrected chi connectivity index (χ2v) is 7.03. The summed E-state index contributed by atoms with van der Waals surface area (Å²) in [7, 11) is 3.75. The van der Waals surface area contributed by atoms with Gasteiger partial charge in [0.2, 0.25) is 5.91 Å². The van der Waals surface area contributed by atoms with E-state index in [0.717, 1.165) is 23.4 Å². The first-order chi connectivity index (χ1) is 13.0. The monoisotopic (exact) mass is 370 g/mol. The van der Waals surface area contributed by atoms with Gasteiger partial charge in [0.1, 0.15) is 11.6 Å². The van der Waals surface area contributed by atoms with Gasteiger partial charge in [-0.05, 0) is 37.2 Å². The summed E-state index contributed by atoms with van der Waals surface area (Å²) in [5.74, 6) is 0.426. The summed E-state index contributed by atoms with van der Waals surface area (Å²) in [5, 5.41) is 0. The van der Waals surface area contributed by atoms with Gasteiger partial charge in [0.05, 0.1) is 19.1 Å². The van der Waals surface area contributed by atoms with E-state index < -0.39 is 0 Å². The minimum Gasteiger partial charge on any atom is -0.496 e. The molecule has 5 heteroatoms. The zero-order valence-electron chi connectivity index (χ0n) is 16.2. The van der Waals surface area contributed by atoms with Crippen LogP contribution >= 0.6 is 0 Å². The average Bonchev–Trinajstić information content (AvgIpc) is 2.70. The van der Waals surface area contributed by atoms with Gasteiger partial charge in [-0.3, -0.25) is 9.69 Å². The van der Waals surface area contributed by atoms with Crippen LogP contribution in [-0.2, 0) is 4.79 Å². The van der Waals surface area contributed by atoms with Crippen molar-refractivity contribution < 1.29 is 13.9 Å². The molecule has 1 saturated heterocycles. The number of amides is 1. The van der Waals surface area contributed by atoms with E-state index in [-0.39, 0.29) is 23.7 Å². The number of halogens is 1. The molecular weight excluding hydrogens is 343 g/mol. The predicted octanol–water partition coefficient (Wildman–Crippen LogP) is 3.84. The van der Waals surface area contributed by atoms with Gasteiger partial charge in [-0.2, -0.15) is 0 Å². The van der Waals surface area contributed by atoms with Crippen molar-refractivity contribution in [3.8, 4) is 5.75 Å². The molecule has 1 aliphatic rings. The highest BCUT2D eigenvalue weighted by Crippen LogP contribution is 2.32. The van der Waals surface area contributed by atoms with Gasteiger partial charge in [-0.25, -0.2) is 4.39 Å². The molecule has 2 unspecified atom stereocenters. The summed E-state index contributed by atoms with van der Waals surface area (Å²) < 4.78 is 18.8. The molecule has 1 fully saturated rings. The van der Waals surface area contributed by atoms with Gasteiger partial charge in [-0.1, -0.05) is 37.3 Å². The maximum atomic E-state index is 13.3. The van der Waals surface area contributed by atoms with E-state index in [1.807, 2.05) is 30.0 Å². The Hall–Kier alpha value is -2.40. The van der Waals surface area contributed by atoms with Crippen LogP contribution in [0.25, 0.3) is 0 Å². The molecule has 0 bridgehead atoms. The number of benzene rings is 2. The SMILES string of the molecule is CCC(C(=O)N1CCN(C)C(c2ccccc2OC)C1)c1ccc(F)cc1. The molecule has 27 heavy (non-hydrogen) atoms. The number of hydrogen-bond acceptors (Lipinski definition) is 3. The number of methoxy groups -OCH3 is 1. The first-order valence-corrected chi connectivity index (χ1v) is 9.42. The molecule has 3 rings (SSSR count). The molecule has 4 nitrogen and oxygen atoms in total. The van der Waals surface area contributed by atoms with Crippen LogP contribution in [0.1, 0.15) is 36.4 Å². The van der Waals surface area contributed by atoms with Crippen molar-refractivity contribution in [1.29, 1.82) is 0 Å². The zero-order valence-corrected chi connectivity index (χ0v) is 16.2. The van der Waals surface area contributed by atoms with Crippen LogP contribution in [-0.4, -0.2) is 49.5 Å². The van der Waals surface area contributed by atoms with Gasteiger partial charge in [0, 0.05) is 25.2 Å². The normalized spacial score (nSPS) is 19.0. The smallest absolute Gasteiger partial charge is 0.230 e. The quantitative estimate of drug-likeness (QED) is 0.802. The standard InChI is InChI=1S/C22H27FN2O2/c1-4-18(16-9-11-17(23)12-10-16)22(26)25-14-13-24(2)20(15-25)19-7-5-6-8-21(19)27-3/h5-12,18,20H,4,13-15H2,1-3H3. The molecule has 0 N–H and O–H groups in total. The van der Waals surface area contributed by atoms with Crippen LogP contribution in [0.3, 0.4) is 0 Å². The maximum absolute atomic E-state index is 13.3. The lowest BCUT2D eigenvalue weighted by Gasteiger charge is -2.41. The van der Waals surface area contributed by atoms with Crippen LogP contribution in [0.15, 0.2) is 48.5 Å². The van der Waals surface area contributed by atoms with Crippen molar-refractivity contribution in [3.63, 3.8) is 0 Å². The van der Waals surface area contributed by atoms with E-state index in [9.17, 15) is 9.18 Å². The van der Waals surface area contributed by atoms with E-state index in [2.05, 4.69) is 18.0 Å². The molecule has 0 aromatic heterocycles. The minimum atomic E-state index is -0.281. The van der Waals surface area contributed by atoms with Gasteiger partial charge in [0.25, 0.3) is 0 Å². The average molecular weight is 370 g/mol. The molecular formula is C22H27FN2O2. The fourth-order valence-corrected chi connectivity index (χ4v) is 3.82. The number of rotatable bonds is 5. The number of ether oxygens (including phenoxy) is 1. The van der Waals surface area contributed by atoms with Crippen molar-refractivity contribution in [2.75, 3.05) is 33.8 Å². The summed E-state index contributed by atoms with van der Waals surface area (Å²) in [6.45, 7) is 4.11. The van der Waals surface area contributed by atoms with Crippen LogP contribution in [0, 0.1) is 5.82 Å². The Morgan fingerprint density at radius 1 is 1.19 bits per heavy atom. The number of nitrogens with zero attached hydrogens (tertiary/aromatic N) is 2. The Bertz CT molecular complexity index is 778. The zero-order chi connectivity index (χ0) is 19.4. The fraction of sp³-hybridized carbons (Fsp3) is 0.409. The number of hydrogen-bond donors (Lipinski definition) is 0. The van der Waals surface area contributed by atoms with Crippen molar-refractivity contribution in [2.45, 2.75) is 25.3 Å². The highest BCUT2D eigenvalue weighted by molar-refractivity contribution is 5.84. The summed E-state index contributed by atoms with van der Waals surface area (Å²) in [6, 6.07) is 14.3. The molecule has 2 atom stereocenters. The Balaban J connectivity index is 1.82. The van der Waals surface area contributed by atoms with Crippen LogP contribution in [0.5, 0.6) is 5.75 Å². The third-order valence-electron chi connectivity index (χ3n) is 5.44. The van der Waals surface area contributed by atoms with E-state index in [1.165, 1.54) is 12.1 Å². The summed E-state index contributed by atoms with van der Waals surface area (Å²) in [5.41, 5.74) is 1.96. The largest absolute Gasteiger partial charge is 0.496 e. The Morgan fingerprint density at radius 3 is 2.56 bits per heavy atom. The number of carbonyl (C=O) groups excluding carboxylic acids is 1. The number of piperazine rings is 1. The van der Waals surface area contributed by atoms with Crippen molar-refractivity contribution in [1.82, 2.24) is 9.80 Å². The van der Waals surface area contributed by atoms with E-state index in [1.54, 1.807) is 19.2 Å². The van der Waals surface area contributed by atoms with E-state index >= 15 is 0 Å². The lowest BCUT2D eigenvalue weighted by atomic mass is 9.93. The first kappa shape index (κ1) is 19.4. The molecule has 2 aromatic rings.